The van der Waals surface area contributed by atoms with Crippen LogP contribution in [0.4, 0.5) is 5.69 Å². The van der Waals surface area contributed by atoms with E-state index in [2.05, 4.69) is 0 Å². The van der Waals surface area contributed by atoms with Crippen molar-refractivity contribution in [2.24, 2.45) is 11.8 Å². The average Bonchev–Trinajstić information content (AvgIpc) is 3.06. The fourth-order valence-electron chi connectivity index (χ4n) is 5.93. The van der Waals surface area contributed by atoms with Crippen LogP contribution >= 0.6 is 23.2 Å². The van der Waals surface area contributed by atoms with E-state index in [1.54, 1.807) is 12.1 Å². The Morgan fingerprint density at radius 1 is 0.839 bits per heavy atom. The van der Waals surface area contributed by atoms with Gasteiger partial charge >= 0.3 is 0 Å². The summed E-state index contributed by atoms with van der Waals surface area (Å²) >= 11 is 12.5. The predicted octanol–water partition coefficient (Wildman–Crippen LogP) is 4.74. The molecule has 0 aromatic heterocycles. The van der Waals surface area contributed by atoms with Crippen molar-refractivity contribution in [2.45, 2.75) is 11.3 Å². The Morgan fingerprint density at radius 3 is 2.06 bits per heavy atom. The molecule has 3 aromatic rings. The van der Waals surface area contributed by atoms with Gasteiger partial charge < -0.3 is 4.79 Å². The van der Waals surface area contributed by atoms with Crippen molar-refractivity contribution in [3.05, 3.63) is 99.0 Å². The molecule has 3 aliphatic carbocycles. The SMILES string of the molecule is O=CC12c3ccccc3C(c3ccccc31)[C@H]1C(=O)N(c3cc(Cl)ccc3Cl)C(=O)[C@H]12. The number of rotatable bonds is 2. The van der Waals surface area contributed by atoms with Gasteiger partial charge in [-0.3, -0.25) is 9.59 Å². The number of hydrogen-bond acceptors (Lipinski definition) is 3. The van der Waals surface area contributed by atoms with Crippen molar-refractivity contribution >= 4 is 47.0 Å². The topological polar surface area (TPSA) is 54.5 Å². The van der Waals surface area contributed by atoms with E-state index >= 15 is 0 Å². The first-order valence-electron chi connectivity index (χ1n) is 9.98. The third-order valence-electron chi connectivity index (χ3n) is 7.02. The van der Waals surface area contributed by atoms with E-state index in [0.717, 1.165) is 33.4 Å². The monoisotopic (exact) mass is 447 g/mol. The molecule has 0 radical (unpaired) electrons. The van der Waals surface area contributed by atoms with Gasteiger partial charge in [0.2, 0.25) is 11.8 Å². The zero-order chi connectivity index (χ0) is 21.5. The molecule has 0 spiro atoms. The molecule has 4 nitrogen and oxygen atoms in total. The van der Waals surface area contributed by atoms with Crippen LogP contribution in [0.1, 0.15) is 28.2 Å². The molecule has 4 aliphatic rings. The van der Waals surface area contributed by atoms with E-state index in [1.807, 2.05) is 48.5 Å². The third-order valence-corrected chi connectivity index (χ3v) is 7.57. The maximum Gasteiger partial charge on any atom is 0.239 e. The van der Waals surface area contributed by atoms with E-state index < -0.39 is 23.2 Å². The third kappa shape index (κ3) is 2.14. The number of hydrogen-bond donors (Lipinski definition) is 0. The molecule has 31 heavy (non-hydrogen) atoms. The van der Waals surface area contributed by atoms with Gasteiger partial charge in [-0.05, 0) is 40.5 Å². The Morgan fingerprint density at radius 2 is 1.45 bits per heavy atom. The highest BCUT2D eigenvalue weighted by molar-refractivity contribution is 6.38. The molecule has 2 atom stereocenters. The second kappa shape index (κ2) is 6.28. The van der Waals surface area contributed by atoms with Gasteiger partial charge in [0.05, 0.1) is 28.0 Å². The summed E-state index contributed by atoms with van der Waals surface area (Å²) in [5.41, 5.74) is 2.49. The van der Waals surface area contributed by atoms with Crippen LogP contribution in [0, 0.1) is 11.8 Å². The standard InChI is InChI=1S/C25H15Cl2NO3/c26-13-9-10-18(27)19(11-13)28-23(30)21-20-14-5-1-3-7-16(14)25(12-29,22(21)24(28)31)17-8-4-2-6-15(17)20/h1-12,20-22H/t20?,21-,22+,25?/m1/s1. The van der Waals surface area contributed by atoms with Gasteiger partial charge in [-0.25, -0.2) is 4.90 Å². The van der Waals surface area contributed by atoms with Crippen LogP contribution in [0.2, 0.25) is 10.0 Å². The molecule has 6 heteroatoms. The highest BCUT2D eigenvalue weighted by Gasteiger charge is 2.68. The Bertz CT molecular complexity index is 1270. The minimum atomic E-state index is -1.22. The highest BCUT2D eigenvalue weighted by atomic mass is 35.5. The number of anilines is 1. The lowest BCUT2D eigenvalue weighted by Crippen LogP contribution is -2.54. The first-order valence-corrected chi connectivity index (χ1v) is 10.7. The van der Waals surface area contributed by atoms with Gasteiger partial charge in [-0.2, -0.15) is 0 Å². The number of nitrogens with zero attached hydrogens (tertiary/aromatic N) is 1. The fourth-order valence-corrected chi connectivity index (χ4v) is 6.29. The molecule has 1 fully saturated rings. The zero-order valence-electron chi connectivity index (χ0n) is 16.1. The molecule has 152 valence electrons. The summed E-state index contributed by atoms with van der Waals surface area (Å²) in [4.78, 5) is 41.6. The van der Waals surface area contributed by atoms with Crippen LogP contribution in [-0.4, -0.2) is 18.1 Å². The van der Waals surface area contributed by atoms with E-state index in [-0.39, 0.29) is 22.5 Å². The van der Waals surface area contributed by atoms with Gasteiger partial charge in [-0.15, -0.1) is 0 Å². The van der Waals surface area contributed by atoms with Crippen molar-refractivity contribution in [1.29, 1.82) is 0 Å². The number of carbonyl (C=O) groups is 3. The number of carbonyl (C=O) groups excluding carboxylic acids is 3. The summed E-state index contributed by atoms with van der Waals surface area (Å²) in [6.45, 7) is 0. The smallest absolute Gasteiger partial charge is 0.239 e. The first-order chi connectivity index (χ1) is 15.0. The molecule has 1 heterocycles. The number of amides is 2. The van der Waals surface area contributed by atoms with Crippen molar-refractivity contribution in [3.63, 3.8) is 0 Å². The maximum absolute atomic E-state index is 13.8. The zero-order valence-corrected chi connectivity index (χ0v) is 17.6. The number of aldehydes is 1. The van der Waals surface area contributed by atoms with Crippen molar-refractivity contribution in [1.82, 2.24) is 0 Å². The van der Waals surface area contributed by atoms with E-state index in [0.29, 0.717) is 5.02 Å². The van der Waals surface area contributed by atoms with Crippen LogP contribution in [0.25, 0.3) is 0 Å². The molecule has 7 rings (SSSR count). The first kappa shape index (κ1) is 18.8. The van der Waals surface area contributed by atoms with E-state index in [1.165, 1.54) is 6.07 Å². The molecule has 1 aliphatic heterocycles. The molecule has 0 N–H and O–H groups in total. The van der Waals surface area contributed by atoms with Crippen molar-refractivity contribution in [3.8, 4) is 0 Å². The molecule has 0 unspecified atom stereocenters. The van der Waals surface area contributed by atoms with Gasteiger partial charge in [0.1, 0.15) is 6.29 Å². The molecule has 2 bridgehead atoms. The number of halogens is 2. The van der Waals surface area contributed by atoms with Gasteiger partial charge in [0.15, 0.2) is 0 Å². The lowest BCUT2D eigenvalue weighted by molar-refractivity contribution is -0.128. The molecular weight excluding hydrogens is 433 g/mol. The maximum atomic E-state index is 13.8. The van der Waals surface area contributed by atoms with E-state index in [4.69, 9.17) is 23.2 Å². The van der Waals surface area contributed by atoms with Gasteiger partial charge in [0.25, 0.3) is 0 Å². The van der Waals surface area contributed by atoms with Crippen LogP contribution < -0.4 is 4.90 Å². The van der Waals surface area contributed by atoms with Gasteiger partial charge in [0, 0.05) is 10.9 Å². The Balaban J connectivity index is 1.66. The Hall–Kier alpha value is -2.95. The van der Waals surface area contributed by atoms with Crippen molar-refractivity contribution < 1.29 is 14.4 Å². The fraction of sp³-hybridized carbons (Fsp3) is 0.160. The lowest BCUT2D eigenvalue weighted by Gasteiger charge is -2.51. The predicted molar refractivity (Wildman–Crippen MR) is 118 cm³/mol. The summed E-state index contributed by atoms with van der Waals surface area (Å²) in [7, 11) is 0. The summed E-state index contributed by atoms with van der Waals surface area (Å²) in [5, 5.41) is 0.627. The van der Waals surface area contributed by atoms with Crippen LogP contribution in [0.5, 0.6) is 0 Å². The van der Waals surface area contributed by atoms with Gasteiger partial charge in [-0.1, -0.05) is 71.7 Å². The molecule has 1 saturated heterocycles. The van der Waals surface area contributed by atoms with E-state index in [9.17, 15) is 14.4 Å². The molecule has 2 amide bonds. The molecule has 0 saturated carbocycles. The average molecular weight is 448 g/mol. The van der Waals surface area contributed by atoms with Crippen LogP contribution in [0.3, 0.4) is 0 Å². The summed E-state index contributed by atoms with van der Waals surface area (Å²) < 4.78 is 0. The summed E-state index contributed by atoms with van der Waals surface area (Å²) in [6.07, 6.45) is 0.853. The second-order valence-electron chi connectivity index (χ2n) is 8.25. The Kier molecular flexibility index (Phi) is 3.81. The Labute approximate surface area is 188 Å². The largest absolute Gasteiger partial charge is 0.302 e. The minimum Gasteiger partial charge on any atom is -0.302 e. The molecular formula is C25H15Cl2NO3. The summed E-state index contributed by atoms with van der Waals surface area (Å²) in [5.74, 6) is -2.58. The second-order valence-corrected chi connectivity index (χ2v) is 9.09. The van der Waals surface area contributed by atoms with Crippen LogP contribution in [0.15, 0.2) is 66.7 Å². The number of benzene rings is 3. The quantitative estimate of drug-likeness (QED) is 0.420. The lowest BCUT2D eigenvalue weighted by atomic mass is 9.48. The summed E-state index contributed by atoms with van der Waals surface area (Å²) in [6, 6.07) is 19.9. The molecule has 3 aromatic carbocycles. The number of imide groups is 1. The van der Waals surface area contributed by atoms with Crippen molar-refractivity contribution in [2.75, 3.05) is 4.90 Å². The highest BCUT2D eigenvalue weighted by Crippen LogP contribution is 2.63. The van der Waals surface area contributed by atoms with Crippen LogP contribution in [-0.2, 0) is 19.8 Å². The minimum absolute atomic E-state index is 0.257. The normalized spacial score (nSPS) is 27.7.